The SMILES string of the molecule is CC(C)N(C)S(=O)(=O)c1cccc(/C=C/C(=O)O)c1. The average molecular weight is 283 g/mol. The van der Waals surface area contributed by atoms with Crippen LogP contribution in [0.2, 0.25) is 0 Å². The number of rotatable bonds is 5. The van der Waals surface area contributed by atoms with Gasteiger partial charge in [-0.2, -0.15) is 4.31 Å². The molecule has 0 aliphatic rings. The molecule has 0 atom stereocenters. The van der Waals surface area contributed by atoms with Gasteiger partial charge in [0, 0.05) is 19.2 Å². The number of nitrogens with zero attached hydrogens (tertiary/aromatic N) is 1. The fraction of sp³-hybridized carbons (Fsp3) is 0.308. The zero-order chi connectivity index (χ0) is 14.6. The lowest BCUT2D eigenvalue weighted by Gasteiger charge is -2.21. The molecule has 0 radical (unpaired) electrons. The topological polar surface area (TPSA) is 74.7 Å². The molecule has 0 amide bonds. The molecule has 0 bridgehead atoms. The predicted octanol–water partition coefficient (Wildman–Crippen LogP) is 1.81. The summed E-state index contributed by atoms with van der Waals surface area (Å²) in [5, 5.41) is 8.55. The molecule has 1 aromatic rings. The molecular formula is C13H17NO4S. The van der Waals surface area contributed by atoms with E-state index in [1.54, 1.807) is 26.0 Å². The van der Waals surface area contributed by atoms with Crippen molar-refractivity contribution in [1.29, 1.82) is 0 Å². The Balaban J connectivity index is 3.16. The molecule has 1 rings (SSSR count). The molecular weight excluding hydrogens is 266 g/mol. The van der Waals surface area contributed by atoms with Crippen LogP contribution in [-0.2, 0) is 14.8 Å². The summed E-state index contributed by atoms with van der Waals surface area (Å²) in [4.78, 5) is 10.6. The van der Waals surface area contributed by atoms with Gasteiger partial charge in [-0.3, -0.25) is 0 Å². The molecule has 1 N–H and O–H groups in total. The van der Waals surface area contributed by atoms with Crippen molar-refractivity contribution in [1.82, 2.24) is 4.31 Å². The molecule has 6 heteroatoms. The highest BCUT2D eigenvalue weighted by atomic mass is 32.2. The Morgan fingerprint density at radius 3 is 2.53 bits per heavy atom. The van der Waals surface area contributed by atoms with E-state index in [1.807, 2.05) is 0 Å². The van der Waals surface area contributed by atoms with Crippen LogP contribution in [0.5, 0.6) is 0 Å². The van der Waals surface area contributed by atoms with Crippen molar-refractivity contribution < 1.29 is 18.3 Å². The van der Waals surface area contributed by atoms with Crippen LogP contribution in [0.25, 0.3) is 6.08 Å². The summed E-state index contributed by atoms with van der Waals surface area (Å²) in [6, 6.07) is 6.03. The molecule has 0 spiro atoms. The molecule has 0 fully saturated rings. The standard InChI is InChI=1S/C13H17NO4S/c1-10(2)14(3)19(17,18)12-6-4-5-11(9-12)7-8-13(15)16/h4-10H,1-3H3,(H,15,16)/b8-7+. The number of benzene rings is 1. The van der Waals surface area contributed by atoms with Gasteiger partial charge in [0.2, 0.25) is 10.0 Å². The Morgan fingerprint density at radius 1 is 1.37 bits per heavy atom. The van der Waals surface area contributed by atoms with E-state index in [4.69, 9.17) is 5.11 Å². The van der Waals surface area contributed by atoms with Gasteiger partial charge in [-0.05, 0) is 37.6 Å². The zero-order valence-corrected chi connectivity index (χ0v) is 11.9. The smallest absolute Gasteiger partial charge is 0.328 e. The number of hydrogen-bond acceptors (Lipinski definition) is 3. The monoisotopic (exact) mass is 283 g/mol. The second-order valence-corrected chi connectivity index (χ2v) is 6.36. The normalized spacial score (nSPS) is 12.5. The fourth-order valence-corrected chi connectivity index (χ4v) is 2.81. The van der Waals surface area contributed by atoms with Crippen molar-refractivity contribution in [2.24, 2.45) is 0 Å². The van der Waals surface area contributed by atoms with Gasteiger partial charge in [0.05, 0.1) is 4.90 Å². The largest absolute Gasteiger partial charge is 0.478 e. The molecule has 1 aromatic carbocycles. The van der Waals surface area contributed by atoms with Crippen LogP contribution in [0.15, 0.2) is 35.2 Å². The van der Waals surface area contributed by atoms with Gasteiger partial charge >= 0.3 is 5.97 Å². The van der Waals surface area contributed by atoms with Crippen molar-refractivity contribution in [3.05, 3.63) is 35.9 Å². The lowest BCUT2D eigenvalue weighted by atomic mass is 10.2. The van der Waals surface area contributed by atoms with Crippen molar-refractivity contribution in [2.75, 3.05) is 7.05 Å². The molecule has 19 heavy (non-hydrogen) atoms. The first-order valence-electron chi connectivity index (χ1n) is 5.74. The van der Waals surface area contributed by atoms with Gasteiger partial charge < -0.3 is 5.11 Å². The minimum absolute atomic E-state index is 0.149. The molecule has 5 nitrogen and oxygen atoms in total. The Kier molecular flexibility index (Phi) is 4.85. The number of aliphatic carboxylic acids is 1. The average Bonchev–Trinajstić information content (AvgIpc) is 2.35. The lowest BCUT2D eigenvalue weighted by molar-refractivity contribution is -0.131. The Hall–Kier alpha value is -1.66. The molecule has 0 aliphatic carbocycles. The van der Waals surface area contributed by atoms with Crippen molar-refractivity contribution >= 4 is 22.1 Å². The van der Waals surface area contributed by atoms with Gasteiger partial charge in [-0.25, -0.2) is 13.2 Å². The second kappa shape index (κ2) is 5.99. The number of carboxylic acid groups (broad SMARTS) is 1. The first-order chi connectivity index (χ1) is 8.75. The first-order valence-corrected chi connectivity index (χ1v) is 7.18. The molecule has 0 unspecified atom stereocenters. The highest BCUT2D eigenvalue weighted by molar-refractivity contribution is 7.89. The zero-order valence-electron chi connectivity index (χ0n) is 11.1. The summed E-state index contributed by atoms with van der Waals surface area (Å²) in [5.74, 6) is -1.08. The molecule has 0 heterocycles. The van der Waals surface area contributed by atoms with E-state index in [9.17, 15) is 13.2 Å². The van der Waals surface area contributed by atoms with Crippen LogP contribution < -0.4 is 0 Å². The van der Waals surface area contributed by atoms with Gasteiger partial charge in [-0.1, -0.05) is 12.1 Å². The van der Waals surface area contributed by atoms with Crippen molar-refractivity contribution in [2.45, 2.75) is 24.8 Å². The van der Waals surface area contributed by atoms with E-state index in [0.717, 1.165) is 6.08 Å². The maximum absolute atomic E-state index is 12.2. The lowest BCUT2D eigenvalue weighted by Crippen LogP contribution is -2.33. The van der Waals surface area contributed by atoms with E-state index in [2.05, 4.69) is 0 Å². The summed E-state index contributed by atoms with van der Waals surface area (Å²) in [7, 11) is -2.03. The maximum Gasteiger partial charge on any atom is 0.328 e. The third-order valence-electron chi connectivity index (χ3n) is 2.68. The summed E-state index contributed by atoms with van der Waals surface area (Å²) in [5.41, 5.74) is 0.528. The summed E-state index contributed by atoms with van der Waals surface area (Å²) in [6.45, 7) is 3.57. The Labute approximate surface area is 113 Å². The second-order valence-electron chi connectivity index (χ2n) is 4.36. The van der Waals surface area contributed by atoms with Crippen LogP contribution in [0.1, 0.15) is 19.4 Å². The highest BCUT2D eigenvalue weighted by Crippen LogP contribution is 2.18. The fourth-order valence-electron chi connectivity index (χ4n) is 1.39. The van der Waals surface area contributed by atoms with Crippen molar-refractivity contribution in [3.63, 3.8) is 0 Å². The molecule has 104 valence electrons. The summed E-state index contributed by atoms with van der Waals surface area (Å²) >= 11 is 0. The number of carboxylic acids is 1. The number of hydrogen-bond donors (Lipinski definition) is 1. The maximum atomic E-state index is 12.2. The minimum atomic E-state index is -3.55. The van der Waals surface area contributed by atoms with Crippen molar-refractivity contribution in [3.8, 4) is 0 Å². The van der Waals surface area contributed by atoms with E-state index in [1.165, 1.54) is 29.6 Å². The van der Waals surface area contributed by atoms with Gasteiger partial charge in [0.15, 0.2) is 0 Å². The van der Waals surface area contributed by atoms with Gasteiger partial charge in [0.25, 0.3) is 0 Å². The molecule has 0 aliphatic heterocycles. The molecule has 0 saturated heterocycles. The minimum Gasteiger partial charge on any atom is -0.478 e. The van der Waals surface area contributed by atoms with Crippen LogP contribution in [0.3, 0.4) is 0 Å². The van der Waals surface area contributed by atoms with E-state index < -0.39 is 16.0 Å². The van der Waals surface area contributed by atoms with Crippen LogP contribution in [-0.4, -0.2) is 36.9 Å². The Morgan fingerprint density at radius 2 is 2.00 bits per heavy atom. The van der Waals surface area contributed by atoms with Crippen LogP contribution in [0, 0.1) is 0 Å². The third kappa shape index (κ3) is 3.90. The highest BCUT2D eigenvalue weighted by Gasteiger charge is 2.22. The third-order valence-corrected chi connectivity index (χ3v) is 4.71. The van der Waals surface area contributed by atoms with Gasteiger partial charge in [-0.15, -0.1) is 0 Å². The summed E-state index contributed by atoms with van der Waals surface area (Å²) < 4.78 is 25.8. The van der Waals surface area contributed by atoms with Crippen LogP contribution >= 0.6 is 0 Å². The van der Waals surface area contributed by atoms with Crippen LogP contribution in [0.4, 0.5) is 0 Å². The predicted molar refractivity (Wildman–Crippen MR) is 73.2 cm³/mol. The van der Waals surface area contributed by atoms with E-state index >= 15 is 0 Å². The number of carbonyl (C=O) groups is 1. The van der Waals surface area contributed by atoms with E-state index in [-0.39, 0.29) is 10.9 Å². The summed E-state index contributed by atoms with van der Waals surface area (Å²) in [6.07, 6.45) is 2.33. The quantitative estimate of drug-likeness (QED) is 0.836. The van der Waals surface area contributed by atoms with E-state index in [0.29, 0.717) is 5.56 Å². The first kappa shape index (κ1) is 15.4. The molecule has 0 saturated carbocycles. The Bertz CT molecular complexity index is 590. The van der Waals surface area contributed by atoms with Gasteiger partial charge in [0.1, 0.15) is 0 Å². The number of sulfonamides is 1. The molecule has 0 aromatic heterocycles.